The van der Waals surface area contributed by atoms with Crippen molar-refractivity contribution in [3.05, 3.63) is 93.7 Å². The van der Waals surface area contributed by atoms with Crippen molar-refractivity contribution in [3.63, 3.8) is 0 Å². The number of benzene rings is 2. The largest absolute Gasteiger partial charge is 0.481 e. The Bertz CT molecular complexity index is 1850. The molecule has 244 valence electrons. The van der Waals surface area contributed by atoms with E-state index in [9.17, 15) is 9.65 Å². The number of nitrogens with one attached hydrogen (secondary N) is 4. The molecule has 47 heavy (non-hydrogen) atoms. The summed E-state index contributed by atoms with van der Waals surface area (Å²) in [5.41, 5.74) is 11.1. The maximum Gasteiger partial charge on any atom is 0.212 e. The molecule has 4 N–H and O–H groups in total. The third kappa shape index (κ3) is 7.01. The molecular weight excluding hydrogens is 640 g/mol. The van der Waals surface area contributed by atoms with Gasteiger partial charge in [-0.25, -0.2) is 9.37 Å². The molecule has 10 nitrogen and oxygen atoms in total. The molecule has 0 bridgehead atoms. The van der Waals surface area contributed by atoms with E-state index in [1.54, 1.807) is 25.4 Å². The second-order valence-electron chi connectivity index (χ2n) is 12.6. The van der Waals surface area contributed by atoms with Gasteiger partial charge in [-0.2, -0.15) is 5.26 Å². The van der Waals surface area contributed by atoms with Crippen LogP contribution in [0.5, 0.6) is 5.88 Å². The summed E-state index contributed by atoms with van der Waals surface area (Å²) in [4.78, 5) is 11.4. The fraction of sp³-hybridized carbons (Fsp3) is 0.324. The van der Waals surface area contributed by atoms with E-state index in [0.717, 1.165) is 37.2 Å². The zero-order valence-electron chi connectivity index (χ0n) is 26.5. The van der Waals surface area contributed by atoms with Gasteiger partial charge in [0.05, 0.1) is 45.7 Å². The Morgan fingerprint density at radius 3 is 2.47 bits per heavy atom. The molecule has 2 aliphatic heterocycles. The highest BCUT2D eigenvalue weighted by Crippen LogP contribution is 2.37. The maximum atomic E-state index is 13.9. The van der Waals surface area contributed by atoms with Crippen molar-refractivity contribution in [3.8, 4) is 11.9 Å². The molecule has 0 aliphatic carbocycles. The standard InChI is InChI=1S/C34H36Cl2FN9O/c1-34(2,3)45-11-9-24(10-12-45)46-19-29(43-44-46)32(20-5-8-30(47-4)39-17-20)42-23-13-25-31(41-22-6-7-28(37)26(35)14-22)21(16-38)18-40-33(25)27(36)15-23/h5-8,13-15,17-19,24,32,42-44H,9-12H2,1-4H3,(H,40,41)/t32-/m0/s1. The van der Waals surface area contributed by atoms with Gasteiger partial charge in [-0.15, -0.1) is 5.53 Å². The number of pyridine rings is 2. The first-order chi connectivity index (χ1) is 22.5. The minimum absolute atomic E-state index is 0.0389. The number of nitriles is 1. The summed E-state index contributed by atoms with van der Waals surface area (Å²) in [6.45, 7) is 8.82. The van der Waals surface area contributed by atoms with Crippen LogP contribution in [-0.4, -0.2) is 51.7 Å². The molecule has 0 amide bonds. The fourth-order valence-electron chi connectivity index (χ4n) is 5.97. The SMILES string of the molecule is COc1ccc([C@H](Nc2cc(Cl)c3ncc(C#N)c(Nc4ccc(F)c(Cl)c4)c3c2)C2=CN(C3CCN(C(C)(C)C)CC3)NN2)cn1. The van der Waals surface area contributed by atoms with Crippen LogP contribution in [0.25, 0.3) is 10.9 Å². The predicted molar refractivity (Wildman–Crippen MR) is 184 cm³/mol. The average molecular weight is 677 g/mol. The average Bonchev–Trinajstić information content (AvgIpc) is 3.55. The number of hydrogen-bond acceptors (Lipinski definition) is 10. The van der Waals surface area contributed by atoms with Crippen LogP contribution in [0, 0.1) is 17.1 Å². The molecule has 0 unspecified atom stereocenters. The van der Waals surface area contributed by atoms with Gasteiger partial charge in [0, 0.05) is 66.1 Å². The minimum Gasteiger partial charge on any atom is -0.481 e. The molecular formula is C34H36Cl2FN9O. The second-order valence-corrected chi connectivity index (χ2v) is 13.4. The molecule has 0 spiro atoms. The normalized spacial score (nSPS) is 16.4. The Kier molecular flexibility index (Phi) is 9.30. The number of hydrogen-bond donors (Lipinski definition) is 4. The number of aromatic nitrogens is 2. The van der Waals surface area contributed by atoms with Crippen molar-refractivity contribution in [1.82, 2.24) is 30.8 Å². The van der Waals surface area contributed by atoms with Crippen LogP contribution in [0.4, 0.5) is 21.5 Å². The smallest absolute Gasteiger partial charge is 0.212 e. The van der Waals surface area contributed by atoms with Crippen molar-refractivity contribution in [2.24, 2.45) is 0 Å². The van der Waals surface area contributed by atoms with Gasteiger partial charge >= 0.3 is 0 Å². The first kappa shape index (κ1) is 32.6. The number of nitrogens with zero attached hydrogens (tertiary/aromatic N) is 5. The summed E-state index contributed by atoms with van der Waals surface area (Å²) < 4.78 is 19.2. The first-order valence-electron chi connectivity index (χ1n) is 15.3. The quantitative estimate of drug-likeness (QED) is 0.152. The molecule has 6 rings (SSSR count). The van der Waals surface area contributed by atoms with E-state index in [2.05, 4.69) is 74.5 Å². The maximum absolute atomic E-state index is 13.9. The number of likely N-dealkylation sites (tertiary alicyclic amines) is 1. The zero-order chi connectivity index (χ0) is 33.3. The number of rotatable bonds is 8. The summed E-state index contributed by atoms with van der Waals surface area (Å²) in [5, 5.41) is 19.9. The molecule has 1 atom stereocenters. The van der Waals surface area contributed by atoms with Crippen molar-refractivity contribution in [2.45, 2.75) is 51.2 Å². The monoisotopic (exact) mass is 675 g/mol. The van der Waals surface area contributed by atoms with E-state index >= 15 is 0 Å². The molecule has 2 aromatic carbocycles. The highest BCUT2D eigenvalue weighted by atomic mass is 35.5. The lowest BCUT2D eigenvalue weighted by Gasteiger charge is -2.42. The number of piperidine rings is 1. The fourth-order valence-corrected chi connectivity index (χ4v) is 6.42. The highest BCUT2D eigenvalue weighted by Gasteiger charge is 2.32. The third-order valence-electron chi connectivity index (χ3n) is 8.57. The molecule has 4 aromatic rings. The number of methoxy groups -OCH3 is 1. The molecule has 0 radical (unpaired) electrons. The first-order valence-corrected chi connectivity index (χ1v) is 16.1. The number of halogens is 3. The van der Waals surface area contributed by atoms with Gasteiger partial charge < -0.3 is 20.8 Å². The van der Waals surface area contributed by atoms with Gasteiger partial charge in [0.15, 0.2) is 0 Å². The van der Waals surface area contributed by atoms with Crippen LogP contribution in [-0.2, 0) is 0 Å². The number of anilines is 3. The van der Waals surface area contributed by atoms with Crippen LogP contribution in [0.3, 0.4) is 0 Å². The van der Waals surface area contributed by atoms with Gasteiger partial charge in [-0.05, 0) is 75.6 Å². The van der Waals surface area contributed by atoms with Crippen molar-refractivity contribution >= 4 is 51.2 Å². The van der Waals surface area contributed by atoms with E-state index in [1.807, 2.05) is 18.2 Å². The van der Waals surface area contributed by atoms with Crippen LogP contribution in [0.15, 0.2) is 66.8 Å². The van der Waals surface area contributed by atoms with Crippen LogP contribution < -0.4 is 26.3 Å². The minimum atomic E-state index is -0.538. The second kappa shape index (κ2) is 13.4. The summed E-state index contributed by atoms with van der Waals surface area (Å²) in [7, 11) is 1.58. The van der Waals surface area contributed by atoms with Crippen molar-refractivity contribution < 1.29 is 9.13 Å². The Labute approximate surface area is 283 Å². The van der Waals surface area contributed by atoms with E-state index in [-0.39, 0.29) is 16.6 Å². The van der Waals surface area contributed by atoms with Crippen LogP contribution in [0.1, 0.15) is 50.8 Å². The Morgan fingerprint density at radius 2 is 1.81 bits per heavy atom. The molecule has 4 heterocycles. The van der Waals surface area contributed by atoms with E-state index in [0.29, 0.717) is 50.5 Å². The summed E-state index contributed by atoms with van der Waals surface area (Å²) >= 11 is 12.9. The number of hydrazine groups is 2. The topological polar surface area (TPSA) is 113 Å². The molecule has 1 saturated heterocycles. The van der Waals surface area contributed by atoms with Gasteiger partial charge in [-0.1, -0.05) is 23.2 Å². The number of ether oxygens (including phenoxy) is 1. The van der Waals surface area contributed by atoms with Gasteiger partial charge in [0.25, 0.3) is 0 Å². The summed E-state index contributed by atoms with van der Waals surface area (Å²) in [5.74, 6) is -0.0316. The lowest BCUT2D eigenvalue weighted by atomic mass is 9.98. The van der Waals surface area contributed by atoms with Crippen LogP contribution in [0.2, 0.25) is 10.0 Å². The van der Waals surface area contributed by atoms with Gasteiger partial charge in [0.2, 0.25) is 5.88 Å². The predicted octanol–water partition coefficient (Wildman–Crippen LogP) is 7.28. The Morgan fingerprint density at radius 1 is 1.04 bits per heavy atom. The Hall–Kier alpha value is -4.34. The molecule has 1 fully saturated rings. The highest BCUT2D eigenvalue weighted by molar-refractivity contribution is 6.36. The van der Waals surface area contributed by atoms with Crippen molar-refractivity contribution in [1.29, 1.82) is 5.26 Å². The molecule has 13 heteroatoms. The summed E-state index contributed by atoms with van der Waals surface area (Å²) in [6.07, 6.45) is 7.39. The lowest BCUT2D eigenvalue weighted by molar-refractivity contribution is 0.0570. The molecule has 2 aromatic heterocycles. The van der Waals surface area contributed by atoms with E-state index < -0.39 is 5.82 Å². The lowest BCUT2D eigenvalue weighted by Crippen LogP contribution is -2.52. The number of fused-ring (bicyclic) bond motifs is 1. The molecule has 0 saturated carbocycles. The van der Waals surface area contributed by atoms with E-state index in [1.165, 1.54) is 18.3 Å². The van der Waals surface area contributed by atoms with E-state index in [4.69, 9.17) is 27.9 Å². The zero-order valence-corrected chi connectivity index (χ0v) is 28.0. The van der Waals surface area contributed by atoms with Gasteiger partial charge in [-0.3, -0.25) is 14.9 Å². The van der Waals surface area contributed by atoms with Gasteiger partial charge in [0.1, 0.15) is 11.9 Å². The molecule has 2 aliphatic rings. The van der Waals surface area contributed by atoms with Crippen LogP contribution >= 0.6 is 23.2 Å². The van der Waals surface area contributed by atoms with Crippen molar-refractivity contribution in [2.75, 3.05) is 30.8 Å². The Balaban J connectivity index is 1.34. The summed E-state index contributed by atoms with van der Waals surface area (Å²) in [6, 6.07) is 13.9. The third-order valence-corrected chi connectivity index (χ3v) is 9.15.